The molecule has 3 nitrogen and oxygen atoms in total. The lowest BCUT2D eigenvalue weighted by Crippen LogP contribution is -2.33. The highest BCUT2D eigenvalue weighted by Crippen LogP contribution is 2.58. The number of amides is 2. The molecule has 2 saturated carbocycles. The molecule has 4 aliphatic rings. The molecule has 0 aromatic heterocycles. The molecule has 1 saturated heterocycles. The molecule has 1 aromatic carbocycles. The van der Waals surface area contributed by atoms with Crippen LogP contribution in [0.3, 0.4) is 0 Å². The predicted octanol–water partition coefficient (Wildman–Crippen LogP) is 4.79. The number of hydrogen-bond acceptors (Lipinski definition) is 2. The van der Waals surface area contributed by atoms with Crippen molar-refractivity contribution in [2.45, 2.75) is 25.7 Å². The van der Waals surface area contributed by atoms with Gasteiger partial charge in [0.2, 0.25) is 11.8 Å². The van der Waals surface area contributed by atoms with Crippen molar-refractivity contribution in [2.24, 2.45) is 23.7 Å². The third kappa shape index (κ3) is 2.06. The molecule has 128 valence electrons. The molecular formula is C20H17Cl2NO2. The van der Waals surface area contributed by atoms with Crippen molar-refractivity contribution in [1.29, 1.82) is 0 Å². The number of nitrogens with zero attached hydrogens (tertiary/aromatic N) is 1. The minimum absolute atomic E-state index is 0.0960. The Hall–Kier alpha value is -1.58. The number of hydrogen-bond donors (Lipinski definition) is 0. The molecule has 1 aliphatic heterocycles. The van der Waals surface area contributed by atoms with Gasteiger partial charge in [0.15, 0.2) is 0 Å². The summed E-state index contributed by atoms with van der Waals surface area (Å²) in [6, 6.07) is 4.93. The molecule has 5 heteroatoms. The lowest BCUT2D eigenvalue weighted by atomic mass is 9.85. The van der Waals surface area contributed by atoms with E-state index < -0.39 is 0 Å². The molecule has 3 fully saturated rings. The number of anilines is 1. The molecule has 2 bridgehead atoms. The Bertz CT molecular complexity index is 830. The number of rotatable bonds is 1. The number of carbonyl (C=O) groups excluding carboxylic acids is 2. The maximum absolute atomic E-state index is 13.1. The summed E-state index contributed by atoms with van der Waals surface area (Å²) in [5.41, 5.74) is 3.40. The Kier molecular flexibility index (Phi) is 3.42. The van der Waals surface area contributed by atoms with Crippen LogP contribution in [-0.2, 0) is 9.59 Å². The van der Waals surface area contributed by atoms with Crippen LogP contribution in [0.4, 0.5) is 5.69 Å². The molecule has 2 amide bonds. The lowest BCUT2D eigenvalue weighted by molar-refractivity contribution is -0.122. The number of halogens is 2. The molecule has 0 N–H and O–H groups in total. The average Bonchev–Trinajstić information content (AvgIpc) is 3.33. The van der Waals surface area contributed by atoms with E-state index in [0.717, 1.165) is 12.8 Å². The van der Waals surface area contributed by atoms with Gasteiger partial charge < -0.3 is 0 Å². The zero-order chi connectivity index (χ0) is 17.3. The second-order valence-corrected chi connectivity index (χ2v) is 8.18. The Morgan fingerprint density at radius 3 is 2.04 bits per heavy atom. The van der Waals surface area contributed by atoms with E-state index >= 15 is 0 Å². The van der Waals surface area contributed by atoms with Crippen LogP contribution in [0.25, 0.3) is 0 Å². The summed E-state index contributed by atoms with van der Waals surface area (Å²) >= 11 is 12.1. The summed E-state index contributed by atoms with van der Waals surface area (Å²) in [7, 11) is 0. The van der Waals surface area contributed by atoms with Crippen molar-refractivity contribution in [3.05, 3.63) is 51.5 Å². The largest absolute Gasteiger partial charge is 0.274 e. The van der Waals surface area contributed by atoms with Crippen LogP contribution in [0.5, 0.6) is 0 Å². The van der Waals surface area contributed by atoms with Crippen LogP contribution < -0.4 is 4.90 Å². The SMILES string of the molecule is O=C1[C@@H]2[C@H](C(=O)N1c1ccc(Cl)c(Cl)c1)[C@@H]1C=C[C@H]2C1=C1CCCC1. The molecule has 25 heavy (non-hydrogen) atoms. The van der Waals surface area contributed by atoms with E-state index in [9.17, 15) is 9.59 Å². The molecule has 0 radical (unpaired) electrons. The standard InChI is InChI=1S/C20H17Cl2NO2/c21-14-8-5-11(9-15(14)22)23-19(24)17-12-6-7-13(18(17)20(23)25)16(12)10-3-1-2-4-10/h5-9,12-13,17-18H,1-4H2/t12-,13+,17-,18+. The topological polar surface area (TPSA) is 37.4 Å². The van der Waals surface area contributed by atoms with E-state index in [1.54, 1.807) is 18.2 Å². The van der Waals surface area contributed by atoms with Crippen molar-refractivity contribution >= 4 is 40.7 Å². The molecule has 1 aromatic rings. The molecule has 1 heterocycles. The maximum Gasteiger partial charge on any atom is 0.238 e. The first-order chi connectivity index (χ1) is 12.1. The second-order valence-electron chi connectivity index (χ2n) is 7.36. The van der Waals surface area contributed by atoms with Crippen molar-refractivity contribution in [3.8, 4) is 0 Å². The summed E-state index contributed by atoms with van der Waals surface area (Å²) in [6.07, 6.45) is 9.01. The zero-order valence-electron chi connectivity index (χ0n) is 13.5. The van der Waals surface area contributed by atoms with E-state index in [2.05, 4.69) is 12.2 Å². The summed E-state index contributed by atoms with van der Waals surface area (Å²) < 4.78 is 0. The summed E-state index contributed by atoms with van der Waals surface area (Å²) in [4.78, 5) is 27.6. The van der Waals surface area contributed by atoms with Crippen LogP contribution in [0, 0.1) is 23.7 Å². The number of carbonyl (C=O) groups is 2. The molecule has 0 spiro atoms. The first kappa shape index (κ1) is 15.7. The van der Waals surface area contributed by atoms with Gasteiger partial charge in [-0.3, -0.25) is 9.59 Å². The number of imide groups is 1. The van der Waals surface area contributed by atoms with Gasteiger partial charge in [-0.25, -0.2) is 4.90 Å². The first-order valence-electron chi connectivity index (χ1n) is 8.81. The van der Waals surface area contributed by atoms with Crippen LogP contribution in [0.2, 0.25) is 10.0 Å². The lowest BCUT2D eigenvalue weighted by Gasteiger charge is -2.20. The van der Waals surface area contributed by atoms with E-state index in [4.69, 9.17) is 23.2 Å². The fraction of sp³-hybridized carbons (Fsp3) is 0.400. The Morgan fingerprint density at radius 2 is 1.48 bits per heavy atom. The average molecular weight is 374 g/mol. The van der Waals surface area contributed by atoms with Crippen molar-refractivity contribution < 1.29 is 9.59 Å². The Labute approximate surface area is 156 Å². The minimum atomic E-state index is -0.250. The minimum Gasteiger partial charge on any atom is -0.274 e. The number of benzene rings is 1. The molecule has 3 aliphatic carbocycles. The first-order valence-corrected chi connectivity index (χ1v) is 9.56. The Balaban J connectivity index is 1.55. The van der Waals surface area contributed by atoms with Crippen molar-refractivity contribution in [3.63, 3.8) is 0 Å². The third-order valence-electron chi connectivity index (χ3n) is 6.19. The Morgan fingerprint density at radius 1 is 0.880 bits per heavy atom. The van der Waals surface area contributed by atoms with Gasteiger partial charge in [0, 0.05) is 11.8 Å². The zero-order valence-corrected chi connectivity index (χ0v) is 15.1. The summed E-state index contributed by atoms with van der Waals surface area (Å²) in [5, 5.41) is 0.770. The fourth-order valence-corrected chi connectivity index (χ4v) is 5.50. The third-order valence-corrected chi connectivity index (χ3v) is 6.93. The summed E-state index contributed by atoms with van der Waals surface area (Å²) in [5.74, 6) is -0.484. The monoisotopic (exact) mass is 373 g/mol. The van der Waals surface area contributed by atoms with E-state index in [1.807, 2.05) is 0 Å². The van der Waals surface area contributed by atoms with Crippen molar-refractivity contribution in [1.82, 2.24) is 0 Å². The maximum atomic E-state index is 13.1. The van der Waals surface area contributed by atoms with Crippen LogP contribution in [0.15, 0.2) is 41.5 Å². The van der Waals surface area contributed by atoms with Crippen LogP contribution in [-0.4, -0.2) is 11.8 Å². The fourth-order valence-electron chi connectivity index (χ4n) is 5.20. The molecule has 5 rings (SSSR count). The van der Waals surface area contributed by atoms with Gasteiger partial charge in [-0.2, -0.15) is 0 Å². The summed E-state index contributed by atoms with van der Waals surface area (Å²) in [6.45, 7) is 0. The highest BCUT2D eigenvalue weighted by molar-refractivity contribution is 6.42. The normalized spacial score (nSPS) is 33.1. The molecule has 4 atom stereocenters. The van der Waals surface area contributed by atoms with Gasteiger partial charge in [-0.05, 0) is 43.9 Å². The van der Waals surface area contributed by atoms with Gasteiger partial charge >= 0.3 is 0 Å². The van der Waals surface area contributed by atoms with Crippen LogP contribution >= 0.6 is 23.2 Å². The van der Waals surface area contributed by atoms with E-state index in [-0.39, 0.29) is 35.5 Å². The number of fused-ring (bicyclic) bond motifs is 5. The van der Waals surface area contributed by atoms with Gasteiger partial charge in [0.1, 0.15) is 0 Å². The van der Waals surface area contributed by atoms with Crippen molar-refractivity contribution in [2.75, 3.05) is 4.90 Å². The van der Waals surface area contributed by atoms with Gasteiger partial charge in [-0.1, -0.05) is 46.5 Å². The van der Waals surface area contributed by atoms with Crippen LogP contribution in [0.1, 0.15) is 25.7 Å². The second kappa shape index (κ2) is 5.46. The smallest absolute Gasteiger partial charge is 0.238 e. The van der Waals surface area contributed by atoms with Gasteiger partial charge in [-0.15, -0.1) is 0 Å². The molecular weight excluding hydrogens is 357 g/mol. The molecule has 0 unspecified atom stereocenters. The van der Waals surface area contributed by atoms with Gasteiger partial charge in [0.25, 0.3) is 0 Å². The van der Waals surface area contributed by atoms with E-state index in [1.165, 1.54) is 28.9 Å². The number of allylic oxidation sites excluding steroid dienone is 4. The van der Waals surface area contributed by atoms with E-state index in [0.29, 0.717) is 15.7 Å². The highest BCUT2D eigenvalue weighted by Gasteiger charge is 2.62. The highest BCUT2D eigenvalue weighted by atomic mass is 35.5. The predicted molar refractivity (Wildman–Crippen MR) is 97.5 cm³/mol. The van der Waals surface area contributed by atoms with Gasteiger partial charge in [0.05, 0.1) is 27.6 Å². The quantitative estimate of drug-likeness (QED) is 0.524.